The van der Waals surface area contributed by atoms with Crippen molar-refractivity contribution in [2.45, 2.75) is 13.8 Å². The fourth-order valence-electron chi connectivity index (χ4n) is 1.81. The van der Waals surface area contributed by atoms with Gasteiger partial charge >= 0.3 is 5.97 Å². The molecule has 1 amide bonds. The van der Waals surface area contributed by atoms with Crippen molar-refractivity contribution in [1.29, 1.82) is 0 Å². The van der Waals surface area contributed by atoms with Crippen molar-refractivity contribution >= 4 is 11.9 Å². The Morgan fingerprint density at radius 1 is 1.10 bits per heavy atom. The molecule has 0 unspecified atom stereocenters. The van der Waals surface area contributed by atoms with Crippen LogP contribution in [0, 0.1) is 0 Å². The molecule has 21 heavy (non-hydrogen) atoms. The number of carbonyl (C=O) groups is 2. The lowest BCUT2D eigenvalue weighted by Gasteiger charge is -2.19. The van der Waals surface area contributed by atoms with E-state index in [-0.39, 0.29) is 12.5 Å². The molecule has 1 aromatic rings. The van der Waals surface area contributed by atoms with E-state index in [1.54, 1.807) is 23.1 Å². The molecule has 0 radical (unpaired) electrons. The third-order valence-corrected chi connectivity index (χ3v) is 3.03. The van der Waals surface area contributed by atoms with Gasteiger partial charge in [0.1, 0.15) is 0 Å². The van der Waals surface area contributed by atoms with Crippen molar-refractivity contribution < 1.29 is 23.8 Å². The van der Waals surface area contributed by atoms with Crippen LogP contribution in [0.3, 0.4) is 0 Å². The van der Waals surface area contributed by atoms with Crippen LogP contribution in [0.15, 0.2) is 18.2 Å². The molecule has 6 nitrogen and oxygen atoms in total. The van der Waals surface area contributed by atoms with Crippen LogP contribution in [0.4, 0.5) is 0 Å². The van der Waals surface area contributed by atoms with Gasteiger partial charge < -0.3 is 19.1 Å². The van der Waals surface area contributed by atoms with E-state index >= 15 is 0 Å². The molecule has 0 heterocycles. The summed E-state index contributed by atoms with van der Waals surface area (Å²) >= 11 is 0. The summed E-state index contributed by atoms with van der Waals surface area (Å²) in [7, 11) is 2.76. The topological polar surface area (TPSA) is 65.1 Å². The second-order valence-electron chi connectivity index (χ2n) is 4.21. The van der Waals surface area contributed by atoms with E-state index in [4.69, 9.17) is 9.47 Å². The summed E-state index contributed by atoms with van der Waals surface area (Å²) in [6.07, 6.45) is 0. The highest BCUT2D eigenvalue weighted by Crippen LogP contribution is 2.28. The average Bonchev–Trinajstić information content (AvgIpc) is 2.53. The van der Waals surface area contributed by atoms with Crippen molar-refractivity contribution in [3.8, 4) is 11.5 Å². The summed E-state index contributed by atoms with van der Waals surface area (Å²) in [6, 6.07) is 4.86. The molecule has 116 valence electrons. The van der Waals surface area contributed by atoms with Gasteiger partial charge in [-0.2, -0.15) is 0 Å². The van der Waals surface area contributed by atoms with E-state index < -0.39 is 5.97 Å². The highest BCUT2D eigenvalue weighted by atomic mass is 16.6. The van der Waals surface area contributed by atoms with Gasteiger partial charge in [-0.1, -0.05) is 0 Å². The van der Waals surface area contributed by atoms with Crippen molar-refractivity contribution in [3.63, 3.8) is 0 Å². The lowest BCUT2D eigenvalue weighted by Crippen LogP contribution is -2.30. The highest BCUT2D eigenvalue weighted by Gasteiger charge is 2.16. The predicted molar refractivity (Wildman–Crippen MR) is 77.8 cm³/mol. The summed E-state index contributed by atoms with van der Waals surface area (Å²) in [6.45, 7) is 4.91. The first-order valence-corrected chi connectivity index (χ1v) is 6.74. The summed E-state index contributed by atoms with van der Waals surface area (Å²) in [5.74, 6) is 0.231. The van der Waals surface area contributed by atoms with Crippen LogP contribution in [0.5, 0.6) is 11.5 Å². The third kappa shape index (κ3) is 4.37. The van der Waals surface area contributed by atoms with E-state index in [1.165, 1.54) is 14.2 Å². The number of hydrogen-bond donors (Lipinski definition) is 0. The van der Waals surface area contributed by atoms with Crippen LogP contribution in [0.1, 0.15) is 24.2 Å². The van der Waals surface area contributed by atoms with Crippen LogP contribution < -0.4 is 9.47 Å². The standard InChI is InChI=1S/C15H21NO5/c1-5-16(6-2)15(18)11-7-8-12(13(9-11)19-3)21-10-14(17)20-4/h7-9H,5-6,10H2,1-4H3. The van der Waals surface area contributed by atoms with Crippen LogP contribution in [0.2, 0.25) is 0 Å². The van der Waals surface area contributed by atoms with Gasteiger partial charge in [-0.3, -0.25) is 4.79 Å². The zero-order valence-corrected chi connectivity index (χ0v) is 12.8. The zero-order valence-electron chi connectivity index (χ0n) is 12.8. The first kappa shape index (κ1) is 16.8. The van der Waals surface area contributed by atoms with Crippen molar-refractivity contribution in [3.05, 3.63) is 23.8 Å². The number of benzene rings is 1. The lowest BCUT2D eigenvalue weighted by molar-refractivity contribution is -0.142. The smallest absolute Gasteiger partial charge is 0.343 e. The second-order valence-corrected chi connectivity index (χ2v) is 4.21. The molecule has 0 N–H and O–H groups in total. The second kappa shape index (κ2) is 8.14. The molecule has 0 atom stereocenters. The van der Waals surface area contributed by atoms with Gasteiger partial charge in [0.25, 0.3) is 5.91 Å². The normalized spacial score (nSPS) is 9.90. The summed E-state index contributed by atoms with van der Waals surface area (Å²) in [4.78, 5) is 25.0. The van der Waals surface area contributed by atoms with Gasteiger partial charge in [0.15, 0.2) is 18.1 Å². The Balaban J connectivity index is 2.92. The maximum Gasteiger partial charge on any atom is 0.343 e. The molecule has 0 aromatic heterocycles. The summed E-state index contributed by atoms with van der Waals surface area (Å²) in [5, 5.41) is 0. The molecular formula is C15H21NO5. The number of amides is 1. The Hall–Kier alpha value is -2.24. The Kier molecular flexibility index (Phi) is 6.52. The van der Waals surface area contributed by atoms with Crippen molar-refractivity contribution in [2.75, 3.05) is 33.9 Å². The molecule has 0 fully saturated rings. The number of hydrogen-bond acceptors (Lipinski definition) is 5. The minimum Gasteiger partial charge on any atom is -0.493 e. The van der Waals surface area contributed by atoms with Gasteiger partial charge in [0, 0.05) is 18.7 Å². The molecule has 0 bridgehead atoms. The van der Waals surface area contributed by atoms with E-state index in [0.717, 1.165) is 0 Å². The number of esters is 1. The first-order valence-electron chi connectivity index (χ1n) is 6.74. The fourth-order valence-corrected chi connectivity index (χ4v) is 1.81. The first-order chi connectivity index (χ1) is 10.1. The number of carbonyl (C=O) groups excluding carboxylic acids is 2. The van der Waals surface area contributed by atoms with Crippen LogP contribution in [0.25, 0.3) is 0 Å². The SMILES string of the molecule is CCN(CC)C(=O)c1ccc(OCC(=O)OC)c(OC)c1. The van der Waals surface area contributed by atoms with E-state index in [1.807, 2.05) is 13.8 Å². The van der Waals surface area contributed by atoms with E-state index in [9.17, 15) is 9.59 Å². The molecule has 0 spiro atoms. The zero-order chi connectivity index (χ0) is 15.8. The Morgan fingerprint density at radius 3 is 2.29 bits per heavy atom. The largest absolute Gasteiger partial charge is 0.493 e. The molecule has 1 rings (SSSR count). The fraction of sp³-hybridized carbons (Fsp3) is 0.467. The minimum absolute atomic E-state index is 0.0715. The van der Waals surface area contributed by atoms with Gasteiger partial charge in [-0.15, -0.1) is 0 Å². The summed E-state index contributed by atoms with van der Waals surface area (Å²) < 4.78 is 15.0. The lowest BCUT2D eigenvalue weighted by atomic mass is 10.1. The molecule has 0 aliphatic carbocycles. The molecule has 0 saturated heterocycles. The minimum atomic E-state index is -0.486. The molecule has 0 aliphatic rings. The number of nitrogens with zero attached hydrogens (tertiary/aromatic N) is 1. The average molecular weight is 295 g/mol. The Bertz CT molecular complexity index is 497. The molecule has 0 aliphatic heterocycles. The Labute approximate surface area is 124 Å². The van der Waals surface area contributed by atoms with Crippen LogP contribution in [-0.2, 0) is 9.53 Å². The van der Waals surface area contributed by atoms with Gasteiger partial charge in [-0.25, -0.2) is 4.79 Å². The van der Waals surface area contributed by atoms with Crippen LogP contribution in [-0.4, -0.2) is 50.7 Å². The number of methoxy groups -OCH3 is 2. The van der Waals surface area contributed by atoms with Crippen molar-refractivity contribution in [1.82, 2.24) is 4.90 Å². The third-order valence-electron chi connectivity index (χ3n) is 3.03. The van der Waals surface area contributed by atoms with Gasteiger partial charge in [0.05, 0.1) is 14.2 Å². The quantitative estimate of drug-likeness (QED) is 0.717. The Morgan fingerprint density at radius 2 is 1.76 bits per heavy atom. The number of rotatable bonds is 7. The van der Waals surface area contributed by atoms with Gasteiger partial charge in [0.2, 0.25) is 0 Å². The monoisotopic (exact) mass is 295 g/mol. The number of ether oxygens (including phenoxy) is 3. The predicted octanol–water partition coefficient (Wildman–Crippen LogP) is 1.73. The maximum atomic E-state index is 12.3. The van der Waals surface area contributed by atoms with Gasteiger partial charge in [-0.05, 0) is 32.0 Å². The highest BCUT2D eigenvalue weighted by molar-refractivity contribution is 5.94. The maximum absolute atomic E-state index is 12.3. The molecule has 1 aromatic carbocycles. The van der Waals surface area contributed by atoms with E-state index in [2.05, 4.69) is 4.74 Å². The molecular weight excluding hydrogens is 274 g/mol. The van der Waals surface area contributed by atoms with E-state index in [0.29, 0.717) is 30.2 Å². The van der Waals surface area contributed by atoms with Crippen molar-refractivity contribution in [2.24, 2.45) is 0 Å². The molecule has 0 saturated carbocycles. The summed E-state index contributed by atoms with van der Waals surface area (Å²) in [5.41, 5.74) is 0.515. The molecule has 6 heteroatoms. The van der Waals surface area contributed by atoms with Crippen LogP contribution >= 0.6 is 0 Å².